The molecule has 1 rings (SSSR count). The van der Waals surface area contributed by atoms with Crippen LogP contribution in [0.25, 0.3) is 0 Å². The summed E-state index contributed by atoms with van der Waals surface area (Å²) >= 11 is 0. The van der Waals surface area contributed by atoms with Crippen LogP contribution in [0.2, 0.25) is 0 Å². The van der Waals surface area contributed by atoms with Gasteiger partial charge in [0.05, 0.1) is 5.69 Å². The molecule has 0 bridgehead atoms. The molecule has 2 atom stereocenters. The van der Waals surface area contributed by atoms with E-state index in [2.05, 4.69) is 52.9 Å². The normalized spacial score (nSPS) is 14.1. The number of halogens is 1. The molecule has 19 heavy (non-hydrogen) atoms. The summed E-state index contributed by atoms with van der Waals surface area (Å²) in [6.07, 6.45) is -1.41. The van der Waals surface area contributed by atoms with Gasteiger partial charge in [0.2, 0.25) is 6.10 Å². The van der Waals surface area contributed by atoms with E-state index >= 15 is 0 Å². The molecule has 0 heterocycles. The maximum absolute atomic E-state index is 13.1. The third-order valence-electron chi connectivity index (χ3n) is 2.60. The lowest BCUT2D eigenvalue weighted by atomic mass is 9.87. The molecule has 0 spiro atoms. The molecule has 2 nitrogen and oxygen atoms in total. The first-order chi connectivity index (χ1) is 8.49. The number of alkyl halides is 1. The lowest BCUT2D eigenvalue weighted by Crippen LogP contribution is -2.26. The number of hydrogen-bond acceptors (Lipinski definition) is 2. The van der Waals surface area contributed by atoms with Crippen LogP contribution in [-0.2, 0) is 5.41 Å². The van der Waals surface area contributed by atoms with Gasteiger partial charge in [0.15, 0.2) is 0 Å². The summed E-state index contributed by atoms with van der Waals surface area (Å²) in [5, 5.41) is 3.33. The third kappa shape index (κ3) is 5.36. The summed E-state index contributed by atoms with van der Waals surface area (Å²) < 4.78 is 18.4. The zero-order valence-electron chi connectivity index (χ0n) is 12.7. The van der Waals surface area contributed by atoms with Crippen molar-refractivity contribution in [2.75, 3.05) is 5.32 Å². The summed E-state index contributed by atoms with van der Waals surface area (Å²) in [5.41, 5.74) is 1.83. The molecule has 1 aromatic rings. The Balaban J connectivity index is 3.17. The van der Waals surface area contributed by atoms with Gasteiger partial charge in [0.25, 0.3) is 0 Å². The summed E-state index contributed by atoms with van der Waals surface area (Å²) in [6, 6.07) is 5.91. The predicted octanol–water partition coefficient (Wildman–Crippen LogP) is 4.70. The second-order valence-electron chi connectivity index (χ2n) is 6.80. The molecule has 0 saturated carbocycles. The predicted molar refractivity (Wildman–Crippen MR) is 83.8 cm³/mol. The topological polar surface area (TPSA) is 21.3 Å². The minimum absolute atomic E-state index is 0.00503. The Morgan fingerprint density at radius 3 is 2.16 bits per heavy atom. The first kappa shape index (κ1) is 16.2. The molecule has 2 unspecified atom stereocenters. The highest BCUT2D eigenvalue weighted by Crippen LogP contribution is 2.34. The Labute approximate surface area is 118 Å². The van der Waals surface area contributed by atoms with Gasteiger partial charge in [-0.1, -0.05) is 36.1 Å². The van der Waals surface area contributed by atoms with E-state index in [1.165, 1.54) is 0 Å². The van der Waals surface area contributed by atoms with Gasteiger partial charge >= 0.3 is 0 Å². The van der Waals surface area contributed by atoms with Gasteiger partial charge in [0, 0.05) is 5.54 Å². The molecular formula is C15H25FNOP. The third-order valence-corrected chi connectivity index (χ3v) is 2.73. The van der Waals surface area contributed by atoms with E-state index in [-0.39, 0.29) is 11.0 Å². The number of benzene rings is 1. The van der Waals surface area contributed by atoms with Crippen molar-refractivity contribution in [2.45, 2.75) is 58.6 Å². The van der Waals surface area contributed by atoms with Crippen LogP contribution in [0.4, 0.5) is 10.1 Å². The van der Waals surface area contributed by atoms with Crippen molar-refractivity contribution in [1.29, 1.82) is 0 Å². The van der Waals surface area contributed by atoms with E-state index in [9.17, 15) is 4.39 Å². The number of anilines is 1. The first-order valence-corrected chi connectivity index (χ1v) is 7.15. The summed E-state index contributed by atoms with van der Waals surface area (Å²) in [4.78, 5) is 0. The zero-order chi connectivity index (χ0) is 14.8. The minimum Gasteiger partial charge on any atom is -0.455 e. The van der Waals surface area contributed by atoms with Crippen molar-refractivity contribution in [3.63, 3.8) is 0 Å². The molecule has 4 heteroatoms. The Bertz CT molecular complexity index is 433. The van der Waals surface area contributed by atoms with Crippen molar-refractivity contribution < 1.29 is 9.13 Å². The average Bonchev–Trinajstić information content (AvgIpc) is 2.15. The Kier molecular flexibility index (Phi) is 4.84. The van der Waals surface area contributed by atoms with Crippen LogP contribution in [0.1, 0.15) is 47.1 Å². The standard InChI is InChI=1S/C15H25FNOP/c1-14(2,3)10-7-8-11(17-15(4,5)6)12(9-10)18-13(16)19/h7-9,13,17H,19H2,1-6H3. The van der Waals surface area contributed by atoms with Crippen LogP contribution >= 0.6 is 9.24 Å². The number of ether oxygens (including phenoxy) is 1. The van der Waals surface area contributed by atoms with E-state index in [1.54, 1.807) is 0 Å². The molecule has 0 amide bonds. The second kappa shape index (κ2) is 5.66. The largest absolute Gasteiger partial charge is 0.455 e. The molecule has 108 valence electrons. The van der Waals surface area contributed by atoms with Crippen molar-refractivity contribution in [3.05, 3.63) is 23.8 Å². The monoisotopic (exact) mass is 285 g/mol. The van der Waals surface area contributed by atoms with Gasteiger partial charge in [-0.3, -0.25) is 0 Å². The van der Waals surface area contributed by atoms with E-state index in [0.717, 1.165) is 11.3 Å². The highest BCUT2D eigenvalue weighted by molar-refractivity contribution is 7.16. The van der Waals surface area contributed by atoms with E-state index in [4.69, 9.17) is 4.74 Å². The Morgan fingerprint density at radius 2 is 1.74 bits per heavy atom. The number of hydrogen-bond donors (Lipinski definition) is 1. The molecule has 0 aromatic heterocycles. The lowest BCUT2D eigenvalue weighted by Gasteiger charge is -2.26. The van der Waals surface area contributed by atoms with Gasteiger partial charge in [-0.05, 0) is 43.9 Å². The molecule has 0 radical (unpaired) electrons. The highest BCUT2D eigenvalue weighted by Gasteiger charge is 2.19. The van der Waals surface area contributed by atoms with E-state index in [1.807, 2.05) is 21.4 Å². The SMILES string of the molecule is CC(C)(C)Nc1ccc(C(C)(C)C)cc1OC(F)P. The first-order valence-electron chi connectivity index (χ1n) is 6.48. The minimum atomic E-state index is -1.41. The van der Waals surface area contributed by atoms with Gasteiger partial charge in [0.1, 0.15) is 5.75 Å². The quantitative estimate of drug-likeness (QED) is 0.813. The number of nitrogens with one attached hydrogen (secondary N) is 1. The average molecular weight is 285 g/mol. The van der Waals surface area contributed by atoms with Crippen LogP contribution in [-0.4, -0.2) is 11.6 Å². The second-order valence-corrected chi connectivity index (χ2v) is 7.33. The zero-order valence-corrected chi connectivity index (χ0v) is 13.8. The van der Waals surface area contributed by atoms with E-state index < -0.39 is 6.10 Å². The molecule has 0 aliphatic heterocycles. The van der Waals surface area contributed by atoms with Crippen LogP contribution in [0.15, 0.2) is 18.2 Å². The molecule has 1 N–H and O–H groups in total. The fourth-order valence-corrected chi connectivity index (χ4v) is 1.86. The van der Waals surface area contributed by atoms with Crippen molar-refractivity contribution in [2.24, 2.45) is 0 Å². The smallest absolute Gasteiger partial charge is 0.249 e. The maximum Gasteiger partial charge on any atom is 0.249 e. The maximum atomic E-state index is 13.1. The van der Waals surface area contributed by atoms with E-state index in [0.29, 0.717) is 5.75 Å². The van der Waals surface area contributed by atoms with Crippen LogP contribution in [0.3, 0.4) is 0 Å². The van der Waals surface area contributed by atoms with Crippen molar-refractivity contribution >= 4 is 14.9 Å². The fourth-order valence-electron chi connectivity index (χ4n) is 1.71. The molecule has 0 aliphatic rings. The summed E-state index contributed by atoms with van der Waals surface area (Å²) in [5.74, 6) is 0.546. The summed E-state index contributed by atoms with van der Waals surface area (Å²) in [7, 11) is 2.01. The highest BCUT2D eigenvalue weighted by atomic mass is 31.0. The fraction of sp³-hybridized carbons (Fsp3) is 0.600. The van der Waals surface area contributed by atoms with Crippen molar-refractivity contribution in [3.8, 4) is 5.75 Å². The molecule has 0 aliphatic carbocycles. The van der Waals surface area contributed by atoms with Gasteiger partial charge < -0.3 is 10.1 Å². The number of rotatable bonds is 3. The van der Waals surface area contributed by atoms with Crippen LogP contribution < -0.4 is 10.1 Å². The van der Waals surface area contributed by atoms with Gasteiger partial charge in [-0.25, -0.2) is 0 Å². The van der Waals surface area contributed by atoms with Crippen LogP contribution in [0, 0.1) is 0 Å². The van der Waals surface area contributed by atoms with Gasteiger partial charge in [-0.2, -0.15) is 4.39 Å². The lowest BCUT2D eigenvalue weighted by molar-refractivity contribution is 0.154. The Hall–Kier alpha value is -0.820. The summed E-state index contributed by atoms with van der Waals surface area (Å²) in [6.45, 7) is 12.5. The molecular weight excluding hydrogens is 260 g/mol. The Morgan fingerprint density at radius 1 is 1.16 bits per heavy atom. The molecule has 1 aromatic carbocycles. The van der Waals surface area contributed by atoms with Crippen molar-refractivity contribution in [1.82, 2.24) is 0 Å². The van der Waals surface area contributed by atoms with Crippen LogP contribution in [0.5, 0.6) is 5.75 Å². The molecule has 0 fully saturated rings. The molecule has 0 saturated heterocycles. The van der Waals surface area contributed by atoms with Gasteiger partial charge in [-0.15, -0.1) is 0 Å².